The Kier molecular flexibility index (Phi) is 10.5. The molecule has 7 nitrogen and oxygen atoms in total. The van der Waals surface area contributed by atoms with E-state index in [-0.39, 0.29) is 42.7 Å². The number of para-hydroxylation sites is 1. The van der Waals surface area contributed by atoms with Crippen LogP contribution in [0.4, 0.5) is 0 Å². The Balaban J connectivity index is 0.00000171. The number of nitrogens with one attached hydrogen (secondary N) is 1. The van der Waals surface area contributed by atoms with Crippen LogP contribution in [0.5, 0.6) is 0 Å². The molecule has 1 amide bonds. The highest BCUT2D eigenvalue weighted by atomic mass is 35.5. The van der Waals surface area contributed by atoms with Crippen molar-refractivity contribution in [3.8, 4) is 0 Å². The topological polar surface area (TPSA) is 85.4 Å². The highest BCUT2D eigenvalue weighted by Crippen LogP contribution is 2.22. The van der Waals surface area contributed by atoms with E-state index in [9.17, 15) is 4.79 Å². The largest absolute Gasteiger partial charge is 0.381 e. The number of amides is 1. The molecule has 0 radical (unpaired) electrons. The van der Waals surface area contributed by atoms with Crippen LogP contribution in [0.25, 0.3) is 10.9 Å². The molecule has 0 saturated carbocycles. The Hall–Kier alpha value is -1.38. The third-order valence-corrected chi connectivity index (χ3v) is 6.28. The van der Waals surface area contributed by atoms with Gasteiger partial charge in [-0.2, -0.15) is 5.10 Å². The number of aromatic nitrogens is 2. The molecule has 174 valence electrons. The van der Waals surface area contributed by atoms with Crippen LogP contribution in [0.15, 0.2) is 30.5 Å². The normalized spacial score (nSPS) is 22.9. The maximum absolute atomic E-state index is 12.8. The fraction of sp³-hybridized carbons (Fsp3) is 0.636. The lowest BCUT2D eigenvalue weighted by Gasteiger charge is -2.35. The van der Waals surface area contributed by atoms with Crippen LogP contribution in [-0.4, -0.2) is 65.5 Å². The van der Waals surface area contributed by atoms with Crippen molar-refractivity contribution in [2.75, 3.05) is 32.8 Å². The highest BCUT2D eigenvalue weighted by Gasteiger charge is 2.31. The van der Waals surface area contributed by atoms with Gasteiger partial charge in [-0.25, -0.2) is 0 Å². The zero-order chi connectivity index (χ0) is 20.1. The molecule has 1 aromatic carbocycles. The number of benzene rings is 1. The molecule has 1 aromatic heterocycles. The van der Waals surface area contributed by atoms with E-state index in [0.29, 0.717) is 12.6 Å². The number of aryl methyl sites for hydroxylation is 1. The number of nitrogens with zero attached hydrogens (tertiary/aromatic N) is 3. The number of halogens is 2. The van der Waals surface area contributed by atoms with E-state index in [1.807, 2.05) is 23.0 Å². The number of fused-ring (bicyclic) bond motifs is 1. The number of likely N-dealkylation sites (tertiary alicyclic amines) is 1. The SMILES string of the molecule is Cl.Cl.N[C@H]1CC[C@@H](C(=O)NCCCn2ncc3ccccc32)CN(C2CCOCC2)C1. The van der Waals surface area contributed by atoms with Gasteiger partial charge in [0.25, 0.3) is 0 Å². The minimum Gasteiger partial charge on any atom is -0.381 e. The summed E-state index contributed by atoms with van der Waals surface area (Å²) < 4.78 is 7.51. The monoisotopic (exact) mass is 471 g/mol. The second-order valence-electron chi connectivity index (χ2n) is 8.40. The standard InChI is InChI=1S/C22H33N5O2.2ClH/c23-19-7-6-18(15-26(16-19)20-8-12-29-13-9-20)22(28)24-10-3-11-27-21-5-2-1-4-17(21)14-25-27;;/h1-2,4-5,14,18-20H,3,6-13,15-16,23H2,(H,24,28);2*1H/t18-,19+;;/m1../s1. The molecule has 0 bridgehead atoms. The van der Waals surface area contributed by atoms with Crippen LogP contribution in [0.2, 0.25) is 0 Å². The predicted octanol–water partition coefficient (Wildman–Crippen LogP) is 2.60. The zero-order valence-electron chi connectivity index (χ0n) is 17.9. The average Bonchev–Trinajstić information content (AvgIpc) is 3.06. The van der Waals surface area contributed by atoms with Crippen LogP contribution < -0.4 is 11.1 Å². The summed E-state index contributed by atoms with van der Waals surface area (Å²) in [5.41, 5.74) is 7.44. The lowest BCUT2D eigenvalue weighted by Crippen LogP contribution is -2.47. The molecule has 2 saturated heterocycles. The van der Waals surface area contributed by atoms with Gasteiger partial charge in [-0.1, -0.05) is 18.2 Å². The first kappa shape index (κ1) is 25.9. The molecule has 2 aromatic rings. The lowest BCUT2D eigenvalue weighted by atomic mass is 10.0. The van der Waals surface area contributed by atoms with E-state index in [1.165, 1.54) is 0 Å². The molecule has 31 heavy (non-hydrogen) atoms. The lowest BCUT2D eigenvalue weighted by molar-refractivity contribution is -0.126. The molecule has 2 aliphatic rings. The Labute approximate surface area is 196 Å². The van der Waals surface area contributed by atoms with Gasteiger partial charge in [0.15, 0.2) is 0 Å². The molecule has 3 heterocycles. The van der Waals surface area contributed by atoms with E-state index in [1.54, 1.807) is 0 Å². The van der Waals surface area contributed by atoms with Crippen LogP contribution >= 0.6 is 24.8 Å². The fourth-order valence-corrected chi connectivity index (χ4v) is 4.61. The molecule has 2 atom stereocenters. The first-order chi connectivity index (χ1) is 14.2. The van der Waals surface area contributed by atoms with Gasteiger partial charge in [-0.05, 0) is 38.2 Å². The Morgan fingerprint density at radius 3 is 2.71 bits per heavy atom. The van der Waals surface area contributed by atoms with Gasteiger partial charge >= 0.3 is 0 Å². The van der Waals surface area contributed by atoms with E-state index >= 15 is 0 Å². The first-order valence-electron chi connectivity index (χ1n) is 11.0. The molecule has 2 aliphatic heterocycles. The molecule has 0 unspecified atom stereocenters. The van der Waals surface area contributed by atoms with Gasteiger partial charge in [0.1, 0.15) is 0 Å². The number of hydrogen-bond acceptors (Lipinski definition) is 5. The molecule has 9 heteroatoms. The Bertz CT molecular complexity index is 812. The van der Waals surface area contributed by atoms with E-state index in [2.05, 4.69) is 27.4 Å². The third kappa shape index (κ3) is 6.80. The van der Waals surface area contributed by atoms with Crippen molar-refractivity contribution in [1.82, 2.24) is 20.0 Å². The van der Waals surface area contributed by atoms with Crippen molar-refractivity contribution in [2.45, 2.75) is 50.7 Å². The van der Waals surface area contributed by atoms with Gasteiger partial charge in [0, 0.05) is 56.9 Å². The number of ether oxygens (including phenoxy) is 1. The maximum Gasteiger partial charge on any atom is 0.224 e. The number of carbonyl (C=O) groups excluding carboxylic acids is 1. The summed E-state index contributed by atoms with van der Waals surface area (Å²) in [6.07, 6.45) is 6.63. The molecular formula is C22H35Cl2N5O2. The van der Waals surface area contributed by atoms with Crippen molar-refractivity contribution in [3.63, 3.8) is 0 Å². The van der Waals surface area contributed by atoms with E-state index in [0.717, 1.165) is 75.9 Å². The van der Waals surface area contributed by atoms with Crippen LogP contribution in [0.3, 0.4) is 0 Å². The van der Waals surface area contributed by atoms with E-state index < -0.39 is 0 Å². The van der Waals surface area contributed by atoms with Crippen LogP contribution in [0.1, 0.15) is 32.1 Å². The summed E-state index contributed by atoms with van der Waals surface area (Å²) in [5.74, 6) is 0.193. The van der Waals surface area contributed by atoms with Gasteiger partial charge < -0.3 is 15.8 Å². The van der Waals surface area contributed by atoms with Gasteiger partial charge in [0.2, 0.25) is 5.91 Å². The van der Waals surface area contributed by atoms with Crippen molar-refractivity contribution < 1.29 is 9.53 Å². The fourth-order valence-electron chi connectivity index (χ4n) is 4.61. The summed E-state index contributed by atoms with van der Waals surface area (Å²) in [6.45, 7) is 4.81. The highest BCUT2D eigenvalue weighted by molar-refractivity contribution is 5.85. The molecule has 0 aliphatic carbocycles. The molecule has 3 N–H and O–H groups in total. The van der Waals surface area contributed by atoms with Gasteiger partial charge in [0.05, 0.1) is 17.6 Å². The third-order valence-electron chi connectivity index (χ3n) is 6.28. The van der Waals surface area contributed by atoms with Crippen molar-refractivity contribution in [1.29, 1.82) is 0 Å². The predicted molar refractivity (Wildman–Crippen MR) is 128 cm³/mol. The number of rotatable bonds is 6. The van der Waals surface area contributed by atoms with E-state index in [4.69, 9.17) is 10.5 Å². The second kappa shape index (κ2) is 12.6. The van der Waals surface area contributed by atoms with Crippen molar-refractivity contribution >= 4 is 41.6 Å². The number of carbonyl (C=O) groups is 1. The smallest absolute Gasteiger partial charge is 0.224 e. The van der Waals surface area contributed by atoms with Crippen molar-refractivity contribution in [2.24, 2.45) is 11.7 Å². The summed E-state index contributed by atoms with van der Waals surface area (Å²) in [4.78, 5) is 15.3. The molecular weight excluding hydrogens is 437 g/mol. The number of hydrogen-bond donors (Lipinski definition) is 2. The molecule has 2 fully saturated rings. The Morgan fingerprint density at radius 2 is 1.90 bits per heavy atom. The quantitative estimate of drug-likeness (QED) is 0.632. The molecule has 4 rings (SSSR count). The first-order valence-corrected chi connectivity index (χ1v) is 11.0. The van der Waals surface area contributed by atoms with Crippen molar-refractivity contribution in [3.05, 3.63) is 30.5 Å². The summed E-state index contributed by atoms with van der Waals surface area (Å²) in [7, 11) is 0. The summed E-state index contributed by atoms with van der Waals surface area (Å²) >= 11 is 0. The minimum absolute atomic E-state index is 0. The minimum atomic E-state index is 0. The average molecular weight is 472 g/mol. The maximum atomic E-state index is 12.8. The molecule has 0 spiro atoms. The second-order valence-corrected chi connectivity index (χ2v) is 8.40. The Morgan fingerprint density at radius 1 is 1.13 bits per heavy atom. The summed E-state index contributed by atoms with van der Waals surface area (Å²) in [5, 5.41) is 8.77. The zero-order valence-corrected chi connectivity index (χ0v) is 19.6. The van der Waals surface area contributed by atoms with Gasteiger partial charge in [-0.15, -0.1) is 24.8 Å². The van der Waals surface area contributed by atoms with Gasteiger partial charge in [-0.3, -0.25) is 14.4 Å². The summed E-state index contributed by atoms with van der Waals surface area (Å²) in [6, 6.07) is 8.86. The number of nitrogens with two attached hydrogens (primary N) is 1. The van der Waals surface area contributed by atoms with Crippen LogP contribution in [-0.2, 0) is 16.1 Å². The van der Waals surface area contributed by atoms with Crippen LogP contribution in [0, 0.1) is 5.92 Å².